The van der Waals surface area contributed by atoms with Crippen LogP contribution < -0.4 is 4.74 Å². The molecule has 0 bridgehead atoms. The molecule has 0 amide bonds. The van der Waals surface area contributed by atoms with Crippen LogP contribution in [0.3, 0.4) is 0 Å². The summed E-state index contributed by atoms with van der Waals surface area (Å²) in [4.78, 5) is 2.46. The van der Waals surface area contributed by atoms with Crippen LogP contribution in [0.1, 0.15) is 31.4 Å². The van der Waals surface area contributed by atoms with Crippen molar-refractivity contribution in [3.05, 3.63) is 28.3 Å². The number of morpholine rings is 1. The number of rotatable bonds is 5. The third-order valence-corrected chi connectivity index (χ3v) is 4.45. The molecule has 1 aliphatic heterocycles. The van der Waals surface area contributed by atoms with Crippen LogP contribution in [0, 0.1) is 13.8 Å². The van der Waals surface area contributed by atoms with Gasteiger partial charge in [-0.25, -0.2) is 0 Å². The molecule has 3 nitrogen and oxygen atoms in total. The summed E-state index contributed by atoms with van der Waals surface area (Å²) in [5.74, 6) is 0.945. The van der Waals surface area contributed by atoms with Crippen molar-refractivity contribution in [2.45, 2.75) is 46.3 Å². The van der Waals surface area contributed by atoms with Crippen molar-refractivity contribution in [1.82, 2.24) is 4.90 Å². The Kier molecular flexibility index (Phi) is 5.91. The van der Waals surface area contributed by atoms with Gasteiger partial charge in [-0.2, -0.15) is 0 Å². The molecule has 0 aliphatic carbocycles. The highest BCUT2D eigenvalue weighted by Gasteiger charge is 2.21. The minimum absolute atomic E-state index is 0.329. The summed E-state index contributed by atoms with van der Waals surface area (Å²) in [6, 6.07) is 3.87. The summed E-state index contributed by atoms with van der Waals surface area (Å²) < 4.78 is 11.6. The Hall–Kier alpha value is -0.770. The Bertz CT molecular complexity index is 468. The van der Waals surface area contributed by atoms with E-state index in [2.05, 4.69) is 25.7 Å². The third-order valence-electron chi connectivity index (χ3n) is 4.04. The fourth-order valence-electron chi connectivity index (χ4n) is 2.86. The Balaban J connectivity index is 1.76. The molecule has 0 radical (unpaired) electrons. The molecule has 0 aromatic heterocycles. The topological polar surface area (TPSA) is 21.7 Å². The van der Waals surface area contributed by atoms with Crippen LogP contribution in [0.25, 0.3) is 0 Å². The van der Waals surface area contributed by atoms with Crippen LogP contribution in [0.5, 0.6) is 5.75 Å². The predicted molar refractivity (Wildman–Crippen MR) is 87.5 cm³/mol. The van der Waals surface area contributed by atoms with Crippen molar-refractivity contribution in [2.75, 3.05) is 26.2 Å². The Morgan fingerprint density at radius 3 is 2.52 bits per heavy atom. The van der Waals surface area contributed by atoms with Gasteiger partial charge in [0, 0.05) is 24.7 Å². The van der Waals surface area contributed by atoms with Crippen LogP contribution in [-0.4, -0.2) is 43.3 Å². The second-order valence-electron chi connectivity index (χ2n) is 6.01. The quantitative estimate of drug-likeness (QED) is 0.771. The van der Waals surface area contributed by atoms with Crippen molar-refractivity contribution in [3.63, 3.8) is 0 Å². The minimum atomic E-state index is 0.329. The van der Waals surface area contributed by atoms with Crippen molar-refractivity contribution in [3.8, 4) is 5.75 Å². The first-order valence-electron chi connectivity index (χ1n) is 7.73. The Labute approximate surface area is 133 Å². The van der Waals surface area contributed by atoms with E-state index < -0.39 is 0 Å². The molecule has 0 N–H and O–H groups in total. The monoisotopic (exact) mass is 311 g/mol. The van der Waals surface area contributed by atoms with Crippen molar-refractivity contribution in [2.24, 2.45) is 0 Å². The van der Waals surface area contributed by atoms with E-state index in [1.165, 1.54) is 0 Å². The van der Waals surface area contributed by atoms with Crippen LogP contribution >= 0.6 is 11.6 Å². The zero-order chi connectivity index (χ0) is 15.4. The van der Waals surface area contributed by atoms with E-state index in [1.54, 1.807) is 0 Å². The van der Waals surface area contributed by atoms with Gasteiger partial charge in [-0.1, -0.05) is 11.6 Å². The molecular weight excluding hydrogens is 286 g/mol. The van der Waals surface area contributed by atoms with Crippen LogP contribution in [0.2, 0.25) is 5.02 Å². The summed E-state index contributed by atoms with van der Waals surface area (Å²) in [7, 11) is 0. The molecule has 1 saturated heterocycles. The Morgan fingerprint density at radius 2 is 1.86 bits per heavy atom. The summed E-state index contributed by atoms with van der Waals surface area (Å²) in [6.45, 7) is 12.2. The second kappa shape index (κ2) is 7.48. The second-order valence-corrected chi connectivity index (χ2v) is 6.42. The molecule has 1 heterocycles. The molecule has 2 unspecified atom stereocenters. The number of benzene rings is 1. The fourth-order valence-corrected chi connectivity index (χ4v) is 3.06. The van der Waals surface area contributed by atoms with E-state index in [-0.39, 0.29) is 0 Å². The van der Waals surface area contributed by atoms with Crippen LogP contribution in [0.15, 0.2) is 12.1 Å². The van der Waals surface area contributed by atoms with Gasteiger partial charge in [0.15, 0.2) is 0 Å². The number of hydrogen-bond acceptors (Lipinski definition) is 3. The van der Waals surface area contributed by atoms with Gasteiger partial charge in [0.1, 0.15) is 5.75 Å². The lowest BCUT2D eigenvalue weighted by molar-refractivity contribution is -0.0686. The smallest absolute Gasteiger partial charge is 0.122 e. The van der Waals surface area contributed by atoms with Gasteiger partial charge in [-0.3, -0.25) is 4.90 Å². The number of nitrogens with zero attached hydrogens (tertiary/aromatic N) is 1. The maximum Gasteiger partial charge on any atom is 0.122 e. The number of halogens is 1. The van der Waals surface area contributed by atoms with Gasteiger partial charge in [0.2, 0.25) is 0 Å². The van der Waals surface area contributed by atoms with Gasteiger partial charge >= 0.3 is 0 Å². The average molecular weight is 312 g/mol. The molecule has 4 heteroatoms. The van der Waals surface area contributed by atoms with E-state index in [0.29, 0.717) is 12.2 Å². The first kappa shape index (κ1) is 16.6. The van der Waals surface area contributed by atoms with Gasteiger partial charge in [0.05, 0.1) is 18.8 Å². The lowest BCUT2D eigenvalue weighted by Gasteiger charge is -2.35. The standard InChI is InChI=1S/C17H26ClNO2/c1-12-10-19(11-13(2)21-12)8-5-9-20-17-7-6-16(18)14(3)15(17)4/h6-7,12-13H,5,8-11H2,1-4H3. The molecule has 1 fully saturated rings. The number of hydrogen-bond donors (Lipinski definition) is 0. The van der Waals surface area contributed by atoms with Crippen molar-refractivity contribution < 1.29 is 9.47 Å². The Morgan fingerprint density at radius 1 is 1.19 bits per heavy atom. The summed E-state index contributed by atoms with van der Waals surface area (Å²) in [5, 5.41) is 0.802. The molecular formula is C17H26ClNO2. The van der Waals surface area contributed by atoms with Gasteiger partial charge < -0.3 is 9.47 Å². The molecule has 2 rings (SSSR count). The maximum absolute atomic E-state index is 6.10. The summed E-state index contributed by atoms with van der Waals surface area (Å²) in [5.41, 5.74) is 2.24. The first-order chi connectivity index (χ1) is 9.97. The van der Waals surface area contributed by atoms with Gasteiger partial charge in [-0.05, 0) is 57.4 Å². The summed E-state index contributed by atoms with van der Waals surface area (Å²) in [6.07, 6.45) is 1.69. The molecule has 118 valence electrons. The summed E-state index contributed by atoms with van der Waals surface area (Å²) >= 11 is 6.10. The van der Waals surface area contributed by atoms with Crippen molar-refractivity contribution >= 4 is 11.6 Å². The minimum Gasteiger partial charge on any atom is -0.493 e. The first-order valence-corrected chi connectivity index (χ1v) is 8.11. The molecule has 2 atom stereocenters. The number of ether oxygens (including phenoxy) is 2. The van der Waals surface area contributed by atoms with Crippen molar-refractivity contribution in [1.29, 1.82) is 0 Å². The molecule has 0 spiro atoms. The van der Waals surface area contributed by atoms with E-state index in [0.717, 1.165) is 54.6 Å². The maximum atomic E-state index is 6.10. The highest BCUT2D eigenvalue weighted by Crippen LogP contribution is 2.27. The predicted octanol–water partition coefficient (Wildman–Crippen LogP) is 3.83. The molecule has 1 aromatic rings. The zero-order valence-electron chi connectivity index (χ0n) is 13.5. The lowest BCUT2D eigenvalue weighted by atomic mass is 10.1. The molecule has 21 heavy (non-hydrogen) atoms. The van der Waals surface area contributed by atoms with Gasteiger partial charge in [-0.15, -0.1) is 0 Å². The lowest BCUT2D eigenvalue weighted by Crippen LogP contribution is -2.45. The highest BCUT2D eigenvalue weighted by atomic mass is 35.5. The van der Waals surface area contributed by atoms with E-state index in [4.69, 9.17) is 21.1 Å². The average Bonchev–Trinajstić information content (AvgIpc) is 2.42. The SMILES string of the molecule is Cc1c(Cl)ccc(OCCCN2CC(C)OC(C)C2)c1C. The van der Waals surface area contributed by atoms with E-state index in [1.807, 2.05) is 19.1 Å². The van der Waals surface area contributed by atoms with E-state index in [9.17, 15) is 0 Å². The fraction of sp³-hybridized carbons (Fsp3) is 0.647. The molecule has 0 saturated carbocycles. The van der Waals surface area contributed by atoms with Gasteiger partial charge in [0.25, 0.3) is 0 Å². The largest absolute Gasteiger partial charge is 0.493 e. The molecule has 1 aromatic carbocycles. The highest BCUT2D eigenvalue weighted by molar-refractivity contribution is 6.31. The zero-order valence-corrected chi connectivity index (χ0v) is 14.2. The molecule has 1 aliphatic rings. The normalized spacial score (nSPS) is 23.3. The van der Waals surface area contributed by atoms with Crippen LogP contribution in [0.4, 0.5) is 0 Å². The third kappa shape index (κ3) is 4.60. The van der Waals surface area contributed by atoms with Crippen LogP contribution in [-0.2, 0) is 4.74 Å². The van der Waals surface area contributed by atoms with E-state index >= 15 is 0 Å².